The number of aromatic amines is 1. The van der Waals surface area contributed by atoms with Crippen LogP contribution in [0.3, 0.4) is 0 Å². The van der Waals surface area contributed by atoms with E-state index in [0.29, 0.717) is 37.5 Å². The number of H-pyrrole nitrogens is 1. The number of carbonyl (C=O) groups excluding carboxylic acids is 2. The lowest BCUT2D eigenvalue weighted by atomic mass is 9.75. The Morgan fingerprint density at radius 2 is 1.86 bits per heavy atom. The van der Waals surface area contributed by atoms with Gasteiger partial charge >= 0.3 is 12.6 Å². The van der Waals surface area contributed by atoms with Crippen LogP contribution in [0.1, 0.15) is 63.8 Å². The van der Waals surface area contributed by atoms with Crippen molar-refractivity contribution in [2.75, 3.05) is 6.61 Å². The van der Waals surface area contributed by atoms with Gasteiger partial charge in [-0.3, -0.25) is 15.1 Å². The Hall–Kier alpha value is -4.20. The Balaban J connectivity index is 1.39. The van der Waals surface area contributed by atoms with Crippen molar-refractivity contribution in [2.45, 2.75) is 64.2 Å². The quantitative estimate of drug-likeness (QED) is 0.131. The number of hydrogen-bond donors (Lipinski definition) is 4. The fourth-order valence-electron chi connectivity index (χ4n) is 5.97. The summed E-state index contributed by atoms with van der Waals surface area (Å²) in [4.78, 5) is 36.0. The van der Waals surface area contributed by atoms with Gasteiger partial charge in [0.15, 0.2) is 11.1 Å². The van der Waals surface area contributed by atoms with Crippen molar-refractivity contribution in [2.24, 2.45) is 5.41 Å². The number of imidazole rings is 1. The SMILES string of the molecule is CC(C)(C)C[C@]1(c2ccc(-c3cnn(C(F)F)c3)cc2)NC(=N)N([C@H](COC(=O)NC2CC2)c2ccc(Cl)c(-c3nc(Cl)c(Cl)[nH]3)c2)C1=O. The van der Waals surface area contributed by atoms with Crippen LogP contribution in [0.2, 0.25) is 15.3 Å². The molecule has 1 aliphatic heterocycles. The molecular formula is C33H33Cl3F2N8O3. The molecule has 1 saturated carbocycles. The summed E-state index contributed by atoms with van der Waals surface area (Å²) in [6.45, 7) is 2.89. The van der Waals surface area contributed by atoms with Crippen molar-refractivity contribution in [3.05, 3.63) is 81.3 Å². The molecule has 3 heterocycles. The number of nitrogens with one attached hydrogen (secondary N) is 4. The number of carbonyl (C=O) groups is 2. The number of guanidine groups is 1. The zero-order valence-corrected chi connectivity index (χ0v) is 28.9. The average molecular weight is 734 g/mol. The number of amides is 2. The highest BCUT2D eigenvalue weighted by atomic mass is 35.5. The fraction of sp³-hybridized carbons (Fsp3) is 0.364. The molecule has 6 rings (SSSR count). The molecule has 0 bridgehead atoms. The third-order valence-electron chi connectivity index (χ3n) is 8.30. The topological polar surface area (TPSA) is 141 Å². The number of halogens is 5. The molecule has 4 aromatic rings. The number of rotatable bonds is 10. The van der Waals surface area contributed by atoms with Crippen molar-refractivity contribution >= 4 is 52.8 Å². The van der Waals surface area contributed by atoms with Crippen LogP contribution in [0.25, 0.3) is 22.5 Å². The van der Waals surface area contributed by atoms with Gasteiger partial charge in [-0.1, -0.05) is 85.9 Å². The average Bonchev–Trinajstić information content (AvgIpc) is 3.48. The van der Waals surface area contributed by atoms with Crippen LogP contribution in [0.4, 0.5) is 13.6 Å². The summed E-state index contributed by atoms with van der Waals surface area (Å²) < 4.78 is 32.5. The summed E-state index contributed by atoms with van der Waals surface area (Å²) in [5, 5.41) is 19.3. The van der Waals surface area contributed by atoms with Gasteiger partial charge < -0.3 is 20.4 Å². The van der Waals surface area contributed by atoms with Crippen molar-refractivity contribution in [3.8, 4) is 22.5 Å². The van der Waals surface area contributed by atoms with E-state index < -0.39 is 35.5 Å². The Bertz CT molecular complexity index is 1890. The van der Waals surface area contributed by atoms with E-state index in [1.165, 1.54) is 17.3 Å². The van der Waals surface area contributed by atoms with E-state index in [9.17, 15) is 18.4 Å². The second kappa shape index (κ2) is 13.3. The molecule has 2 aromatic carbocycles. The van der Waals surface area contributed by atoms with Crippen LogP contribution >= 0.6 is 34.8 Å². The van der Waals surface area contributed by atoms with Crippen LogP contribution in [0.15, 0.2) is 54.9 Å². The van der Waals surface area contributed by atoms with Crippen molar-refractivity contribution in [3.63, 3.8) is 0 Å². The van der Waals surface area contributed by atoms with Gasteiger partial charge in [-0.15, -0.1) is 0 Å². The van der Waals surface area contributed by atoms with Gasteiger partial charge in [0.1, 0.15) is 23.1 Å². The normalized spacial score (nSPS) is 18.6. The van der Waals surface area contributed by atoms with E-state index in [1.54, 1.807) is 42.5 Å². The molecule has 2 aliphatic rings. The molecule has 4 N–H and O–H groups in total. The highest BCUT2D eigenvalue weighted by Gasteiger charge is 2.54. The first kappa shape index (κ1) is 34.7. The first-order valence-electron chi connectivity index (χ1n) is 15.4. The van der Waals surface area contributed by atoms with Crippen LogP contribution in [0.5, 0.6) is 0 Å². The Labute approximate surface area is 295 Å². The predicted molar refractivity (Wildman–Crippen MR) is 182 cm³/mol. The molecule has 1 aliphatic carbocycles. The summed E-state index contributed by atoms with van der Waals surface area (Å²) in [5.41, 5.74) is 0.797. The molecular weight excluding hydrogens is 701 g/mol. The molecule has 0 unspecified atom stereocenters. The standard InChI is InChI=1S/C33H33Cl3F2N8O3/c1-32(2,3)16-33(20-7-4-17(5-8-20)19-13-40-45(14-19)29(37)38)28(47)46(30(39)44-33)24(15-49-31(48)41-21-9-10-21)18-6-11-23(34)22(12-18)27-42-25(35)26(36)43-27/h4-8,11-14,21,24,29H,9-10,15-16H2,1-3H3,(H2,39,44)(H,41,48)(H,42,43)/t24-,33-/m1/s1. The second-order valence-corrected chi connectivity index (χ2v) is 14.5. The van der Waals surface area contributed by atoms with Crippen LogP contribution in [-0.4, -0.2) is 55.3 Å². The zero-order valence-electron chi connectivity index (χ0n) is 26.7. The van der Waals surface area contributed by atoms with Crippen molar-refractivity contribution in [1.82, 2.24) is 35.3 Å². The molecule has 258 valence electrons. The van der Waals surface area contributed by atoms with Gasteiger partial charge in [-0.2, -0.15) is 13.9 Å². The molecule has 11 nitrogen and oxygen atoms in total. The summed E-state index contributed by atoms with van der Waals surface area (Å²) in [7, 11) is 0. The smallest absolute Gasteiger partial charge is 0.407 e. The minimum Gasteiger partial charge on any atom is -0.447 e. The summed E-state index contributed by atoms with van der Waals surface area (Å²) >= 11 is 18.8. The van der Waals surface area contributed by atoms with Gasteiger partial charge in [0.25, 0.3) is 5.91 Å². The summed E-state index contributed by atoms with van der Waals surface area (Å²) in [6.07, 6.45) is 3.95. The van der Waals surface area contributed by atoms with E-state index in [2.05, 4.69) is 25.7 Å². The van der Waals surface area contributed by atoms with Crippen LogP contribution in [0, 0.1) is 10.8 Å². The monoisotopic (exact) mass is 732 g/mol. The van der Waals surface area contributed by atoms with Crippen molar-refractivity contribution in [1.29, 1.82) is 5.41 Å². The second-order valence-electron chi connectivity index (χ2n) is 13.3. The minimum atomic E-state index is -2.77. The number of ether oxygens (including phenoxy) is 1. The third kappa shape index (κ3) is 7.24. The van der Waals surface area contributed by atoms with Crippen LogP contribution < -0.4 is 10.6 Å². The molecule has 0 spiro atoms. The lowest BCUT2D eigenvalue weighted by Crippen LogP contribution is -2.47. The van der Waals surface area contributed by atoms with Gasteiger partial charge in [0.05, 0.1) is 17.3 Å². The highest BCUT2D eigenvalue weighted by Crippen LogP contribution is 2.43. The van der Waals surface area contributed by atoms with E-state index in [1.807, 2.05) is 20.8 Å². The minimum absolute atomic E-state index is 0.0436. The van der Waals surface area contributed by atoms with Gasteiger partial charge in [0, 0.05) is 23.4 Å². The molecule has 16 heteroatoms. The third-order valence-corrected chi connectivity index (χ3v) is 9.27. The maximum atomic E-state index is 14.9. The molecule has 0 radical (unpaired) electrons. The number of alkyl carbamates (subject to hydrolysis) is 1. The lowest BCUT2D eigenvalue weighted by molar-refractivity contribution is -0.134. The first-order valence-corrected chi connectivity index (χ1v) is 16.6. The van der Waals surface area contributed by atoms with E-state index >= 15 is 0 Å². The number of nitrogens with zero attached hydrogens (tertiary/aromatic N) is 4. The number of hydrogen-bond acceptors (Lipinski definition) is 6. The molecule has 2 aromatic heterocycles. The summed E-state index contributed by atoms with van der Waals surface area (Å²) in [6, 6.07) is 11.0. The molecule has 2 atom stereocenters. The largest absolute Gasteiger partial charge is 0.447 e. The molecule has 2 fully saturated rings. The van der Waals surface area contributed by atoms with Gasteiger partial charge in [-0.05, 0) is 53.5 Å². The molecule has 49 heavy (non-hydrogen) atoms. The highest BCUT2D eigenvalue weighted by molar-refractivity contribution is 6.40. The first-order chi connectivity index (χ1) is 23.1. The van der Waals surface area contributed by atoms with E-state index in [-0.39, 0.29) is 41.2 Å². The Morgan fingerprint density at radius 3 is 2.45 bits per heavy atom. The number of aromatic nitrogens is 4. The zero-order chi connectivity index (χ0) is 35.2. The molecule has 2 amide bonds. The van der Waals surface area contributed by atoms with E-state index in [0.717, 1.165) is 12.8 Å². The van der Waals surface area contributed by atoms with E-state index in [4.69, 9.17) is 44.9 Å². The fourth-order valence-corrected chi connectivity index (χ4v) is 6.45. The van der Waals surface area contributed by atoms with Gasteiger partial charge in [-0.25, -0.2) is 14.5 Å². The van der Waals surface area contributed by atoms with Gasteiger partial charge in [0.2, 0.25) is 0 Å². The van der Waals surface area contributed by atoms with Crippen molar-refractivity contribution < 1.29 is 23.1 Å². The Kier molecular flexibility index (Phi) is 9.38. The maximum absolute atomic E-state index is 14.9. The summed E-state index contributed by atoms with van der Waals surface area (Å²) in [5.74, 6) is -0.356. The number of benzene rings is 2. The van der Waals surface area contributed by atoms with Crippen LogP contribution in [-0.2, 0) is 15.1 Å². The number of alkyl halides is 2. The maximum Gasteiger partial charge on any atom is 0.407 e. The lowest BCUT2D eigenvalue weighted by Gasteiger charge is -2.35. The molecule has 1 saturated heterocycles. The Morgan fingerprint density at radius 1 is 1.14 bits per heavy atom. The predicted octanol–water partition coefficient (Wildman–Crippen LogP) is 7.92.